The van der Waals surface area contributed by atoms with Gasteiger partial charge < -0.3 is 19.7 Å². The molecule has 1 amide bonds. The maximum atomic E-state index is 13.2. The second kappa shape index (κ2) is 7.99. The minimum atomic E-state index is -0.0337. The van der Waals surface area contributed by atoms with E-state index in [0.29, 0.717) is 19.6 Å². The molecule has 29 heavy (non-hydrogen) atoms. The van der Waals surface area contributed by atoms with Gasteiger partial charge >= 0.3 is 0 Å². The van der Waals surface area contributed by atoms with Crippen molar-refractivity contribution in [1.29, 1.82) is 0 Å². The van der Waals surface area contributed by atoms with Crippen LogP contribution in [0.2, 0.25) is 0 Å². The summed E-state index contributed by atoms with van der Waals surface area (Å²) in [6.45, 7) is 3.64. The highest BCUT2D eigenvalue weighted by Crippen LogP contribution is 2.33. The zero-order valence-electron chi connectivity index (χ0n) is 16.5. The molecule has 0 radical (unpaired) electrons. The summed E-state index contributed by atoms with van der Waals surface area (Å²) in [4.78, 5) is 24.7. The first-order valence-corrected chi connectivity index (χ1v) is 10.5. The second-order valence-corrected chi connectivity index (χ2v) is 7.88. The molecule has 1 saturated heterocycles. The number of fused-ring (bicyclic) bond motifs is 2. The Morgan fingerprint density at radius 3 is 3.03 bits per heavy atom. The molecular weight excluding hydrogens is 368 g/mol. The molecule has 0 bridgehead atoms. The fourth-order valence-electron chi connectivity index (χ4n) is 4.38. The summed E-state index contributed by atoms with van der Waals surface area (Å²) in [5, 5.41) is 3.35. The normalized spacial score (nSPS) is 20.8. The van der Waals surface area contributed by atoms with E-state index in [2.05, 4.69) is 10.3 Å². The molecule has 7 heteroatoms. The fraction of sp³-hybridized carbons (Fsp3) is 0.500. The van der Waals surface area contributed by atoms with E-state index in [1.807, 2.05) is 29.3 Å². The number of likely N-dealkylation sites (tertiary alicyclic amines) is 1. The number of nitrogens with one attached hydrogen (secondary N) is 1. The third-order valence-electron chi connectivity index (χ3n) is 5.91. The van der Waals surface area contributed by atoms with Crippen molar-refractivity contribution in [2.45, 2.75) is 44.7 Å². The van der Waals surface area contributed by atoms with Crippen LogP contribution in [0.1, 0.15) is 47.9 Å². The van der Waals surface area contributed by atoms with Crippen molar-refractivity contribution in [1.82, 2.24) is 20.2 Å². The maximum Gasteiger partial charge on any atom is 0.227 e. The molecule has 1 N–H and O–H groups in total. The Morgan fingerprint density at radius 1 is 1.21 bits per heavy atom. The van der Waals surface area contributed by atoms with Crippen LogP contribution in [0.3, 0.4) is 0 Å². The van der Waals surface area contributed by atoms with Gasteiger partial charge in [0.2, 0.25) is 5.91 Å². The third-order valence-corrected chi connectivity index (χ3v) is 5.91. The number of hydrogen-bond acceptors (Lipinski definition) is 6. The minimum absolute atomic E-state index is 0.0337. The Balaban J connectivity index is 1.35. The van der Waals surface area contributed by atoms with Gasteiger partial charge in [-0.15, -0.1) is 0 Å². The zero-order valence-corrected chi connectivity index (χ0v) is 16.5. The Morgan fingerprint density at radius 2 is 2.10 bits per heavy atom. The molecule has 3 aliphatic rings. The molecule has 1 atom stereocenters. The van der Waals surface area contributed by atoms with Crippen LogP contribution in [-0.2, 0) is 24.2 Å². The third kappa shape index (κ3) is 3.79. The molecule has 5 rings (SSSR count). The first kappa shape index (κ1) is 18.4. The van der Waals surface area contributed by atoms with Gasteiger partial charge in [-0.1, -0.05) is 6.07 Å². The number of aromatic nitrogens is 2. The van der Waals surface area contributed by atoms with Crippen molar-refractivity contribution < 1.29 is 14.3 Å². The van der Waals surface area contributed by atoms with Crippen LogP contribution in [0.15, 0.2) is 24.4 Å². The van der Waals surface area contributed by atoms with Crippen molar-refractivity contribution in [3.05, 3.63) is 47.0 Å². The van der Waals surface area contributed by atoms with Crippen LogP contribution in [-0.4, -0.2) is 47.1 Å². The number of nitrogens with zero attached hydrogens (tertiary/aromatic N) is 3. The number of amides is 1. The van der Waals surface area contributed by atoms with E-state index in [1.54, 1.807) is 0 Å². The number of benzene rings is 1. The Kier molecular flexibility index (Phi) is 5.06. The highest BCUT2D eigenvalue weighted by molar-refractivity contribution is 5.79. The fourth-order valence-corrected chi connectivity index (χ4v) is 4.38. The maximum absolute atomic E-state index is 13.2. The molecule has 1 aromatic heterocycles. The quantitative estimate of drug-likeness (QED) is 0.860. The predicted molar refractivity (Wildman–Crippen MR) is 107 cm³/mol. The molecule has 0 aliphatic carbocycles. The average Bonchev–Trinajstić information content (AvgIpc) is 2.78. The first-order chi connectivity index (χ1) is 14.3. The molecule has 3 aliphatic heterocycles. The number of carbonyl (C=O) groups excluding carboxylic acids is 1. The van der Waals surface area contributed by atoms with Crippen molar-refractivity contribution in [2.75, 3.05) is 26.3 Å². The molecule has 1 aromatic carbocycles. The van der Waals surface area contributed by atoms with E-state index >= 15 is 0 Å². The van der Waals surface area contributed by atoms with Gasteiger partial charge in [0, 0.05) is 43.5 Å². The van der Waals surface area contributed by atoms with Gasteiger partial charge in [0.15, 0.2) is 17.3 Å². The second-order valence-electron chi connectivity index (χ2n) is 7.88. The van der Waals surface area contributed by atoms with Crippen LogP contribution in [0.25, 0.3) is 0 Å². The zero-order chi connectivity index (χ0) is 19.6. The SMILES string of the molecule is O=C(Cc1ccc2c(c1)OCCO2)N1CCCC[C@@H]1c1ncc2c(n1)CCNC2. The summed E-state index contributed by atoms with van der Waals surface area (Å²) in [7, 11) is 0. The van der Waals surface area contributed by atoms with Crippen molar-refractivity contribution in [3.8, 4) is 11.5 Å². The van der Waals surface area contributed by atoms with Gasteiger partial charge in [-0.05, 0) is 37.0 Å². The van der Waals surface area contributed by atoms with Crippen LogP contribution < -0.4 is 14.8 Å². The molecule has 0 saturated carbocycles. The van der Waals surface area contributed by atoms with E-state index in [4.69, 9.17) is 14.5 Å². The van der Waals surface area contributed by atoms with E-state index in [0.717, 1.165) is 73.9 Å². The molecule has 2 aromatic rings. The smallest absolute Gasteiger partial charge is 0.227 e. The van der Waals surface area contributed by atoms with Crippen molar-refractivity contribution >= 4 is 5.91 Å². The Labute approximate surface area is 170 Å². The lowest BCUT2D eigenvalue weighted by Gasteiger charge is -2.35. The molecule has 152 valence electrons. The largest absolute Gasteiger partial charge is 0.486 e. The topological polar surface area (TPSA) is 76.6 Å². The summed E-state index contributed by atoms with van der Waals surface area (Å²) < 4.78 is 11.2. The molecule has 7 nitrogen and oxygen atoms in total. The lowest BCUT2D eigenvalue weighted by molar-refractivity contribution is -0.134. The van der Waals surface area contributed by atoms with Gasteiger partial charge in [-0.3, -0.25) is 4.79 Å². The molecule has 1 fully saturated rings. The molecule has 0 spiro atoms. The van der Waals surface area contributed by atoms with Gasteiger partial charge in [0.1, 0.15) is 13.2 Å². The monoisotopic (exact) mass is 394 g/mol. The van der Waals surface area contributed by atoms with E-state index in [-0.39, 0.29) is 11.9 Å². The predicted octanol–water partition coefficient (Wildman–Crippen LogP) is 2.19. The van der Waals surface area contributed by atoms with Crippen LogP contribution >= 0.6 is 0 Å². The van der Waals surface area contributed by atoms with E-state index in [1.165, 1.54) is 5.56 Å². The average molecular weight is 394 g/mol. The van der Waals surface area contributed by atoms with Gasteiger partial charge in [0.05, 0.1) is 12.5 Å². The molecular formula is C22H26N4O3. The highest BCUT2D eigenvalue weighted by Gasteiger charge is 2.30. The Hall–Kier alpha value is -2.67. The number of piperidine rings is 1. The first-order valence-electron chi connectivity index (χ1n) is 10.5. The lowest BCUT2D eigenvalue weighted by Crippen LogP contribution is -2.40. The number of ether oxygens (including phenoxy) is 2. The summed E-state index contributed by atoms with van der Waals surface area (Å²) in [6.07, 6.45) is 6.25. The van der Waals surface area contributed by atoms with Crippen molar-refractivity contribution in [2.24, 2.45) is 0 Å². The van der Waals surface area contributed by atoms with Crippen molar-refractivity contribution in [3.63, 3.8) is 0 Å². The van der Waals surface area contributed by atoms with Crippen LogP contribution in [0.5, 0.6) is 11.5 Å². The van der Waals surface area contributed by atoms with Gasteiger partial charge in [-0.25, -0.2) is 9.97 Å². The molecule has 4 heterocycles. The van der Waals surface area contributed by atoms with Crippen LogP contribution in [0.4, 0.5) is 0 Å². The van der Waals surface area contributed by atoms with E-state index < -0.39 is 0 Å². The van der Waals surface area contributed by atoms with Gasteiger partial charge in [-0.2, -0.15) is 0 Å². The number of hydrogen-bond donors (Lipinski definition) is 1. The van der Waals surface area contributed by atoms with Crippen LogP contribution in [0, 0.1) is 0 Å². The lowest BCUT2D eigenvalue weighted by atomic mass is 9.99. The minimum Gasteiger partial charge on any atom is -0.486 e. The summed E-state index contributed by atoms with van der Waals surface area (Å²) in [5.74, 6) is 2.39. The summed E-state index contributed by atoms with van der Waals surface area (Å²) >= 11 is 0. The number of carbonyl (C=O) groups is 1. The molecule has 0 unspecified atom stereocenters. The summed E-state index contributed by atoms with van der Waals surface area (Å²) in [5.41, 5.74) is 3.24. The number of rotatable bonds is 3. The van der Waals surface area contributed by atoms with E-state index in [9.17, 15) is 4.79 Å². The highest BCUT2D eigenvalue weighted by atomic mass is 16.6. The Bertz CT molecular complexity index is 917. The standard InChI is InChI=1S/C22H26N4O3/c27-21(12-15-4-5-19-20(11-15)29-10-9-28-19)26-8-2-1-3-18(26)22-24-14-16-13-23-7-6-17(16)25-22/h4-5,11,14,18,23H,1-3,6-10,12-13H2/t18-/m1/s1. The van der Waals surface area contributed by atoms with Gasteiger partial charge in [0.25, 0.3) is 0 Å². The summed E-state index contributed by atoms with van der Waals surface area (Å²) in [6, 6.07) is 5.74.